The van der Waals surface area contributed by atoms with Crippen LogP contribution in [0.4, 0.5) is 0 Å². The molecular weight excluding hydrogens is 304 g/mol. The van der Waals surface area contributed by atoms with Crippen LogP contribution in [0.1, 0.15) is 42.4 Å². The molecule has 0 radical (unpaired) electrons. The lowest BCUT2D eigenvalue weighted by molar-refractivity contribution is -0.138. The van der Waals surface area contributed by atoms with Gasteiger partial charge in [-0.15, -0.1) is 0 Å². The smallest absolute Gasteiger partial charge is 0.311 e. The molecule has 1 unspecified atom stereocenters. The standard InChI is InChI=1S/C20H22O4/c1-13(2)15-5-3-14(4-6-15)11-17(20(21)22)16-7-8-18-19(12-16)24-10-9-23-18/h3-8,12-13,17H,9-11H2,1-2H3,(H,21,22). The molecule has 4 nitrogen and oxygen atoms in total. The number of carboxylic acids is 1. The van der Waals surface area contributed by atoms with E-state index in [1.807, 2.05) is 18.2 Å². The summed E-state index contributed by atoms with van der Waals surface area (Å²) in [6.45, 7) is 5.30. The highest BCUT2D eigenvalue weighted by atomic mass is 16.6. The minimum Gasteiger partial charge on any atom is -0.486 e. The molecule has 1 aliphatic heterocycles. The van der Waals surface area contributed by atoms with Crippen LogP contribution in [-0.2, 0) is 11.2 Å². The largest absolute Gasteiger partial charge is 0.486 e. The zero-order valence-electron chi connectivity index (χ0n) is 14.0. The summed E-state index contributed by atoms with van der Waals surface area (Å²) in [5, 5.41) is 9.66. The van der Waals surface area contributed by atoms with E-state index in [1.165, 1.54) is 5.56 Å². The number of aliphatic carboxylic acids is 1. The van der Waals surface area contributed by atoms with E-state index in [2.05, 4.69) is 26.0 Å². The Labute approximate surface area is 142 Å². The molecule has 0 spiro atoms. The van der Waals surface area contributed by atoms with Gasteiger partial charge in [0.25, 0.3) is 0 Å². The maximum atomic E-state index is 11.8. The average Bonchev–Trinajstić information content (AvgIpc) is 2.59. The summed E-state index contributed by atoms with van der Waals surface area (Å²) < 4.78 is 11.1. The molecule has 0 amide bonds. The summed E-state index contributed by atoms with van der Waals surface area (Å²) in [6.07, 6.45) is 0.452. The molecule has 0 aromatic heterocycles. The number of ether oxygens (including phenoxy) is 2. The topological polar surface area (TPSA) is 55.8 Å². The highest BCUT2D eigenvalue weighted by molar-refractivity contribution is 5.77. The Bertz CT molecular complexity index is 719. The van der Waals surface area contributed by atoms with Gasteiger partial charge >= 0.3 is 5.97 Å². The molecule has 24 heavy (non-hydrogen) atoms. The van der Waals surface area contributed by atoms with Crippen LogP contribution in [0, 0.1) is 0 Å². The molecule has 126 valence electrons. The SMILES string of the molecule is CC(C)c1ccc(CC(C(=O)O)c2ccc3c(c2)OCCO3)cc1. The molecule has 0 saturated carbocycles. The van der Waals surface area contributed by atoms with Crippen LogP contribution in [0.3, 0.4) is 0 Å². The number of hydrogen-bond acceptors (Lipinski definition) is 3. The third-order valence-electron chi connectivity index (χ3n) is 4.35. The number of benzene rings is 2. The fraction of sp³-hybridized carbons (Fsp3) is 0.350. The highest BCUT2D eigenvalue weighted by Gasteiger charge is 2.23. The van der Waals surface area contributed by atoms with Crippen LogP contribution < -0.4 is 9.47 Å². The second kappa shape index (κ2) is 6.95. The summed E-state index contributed by atoms with van der Waals surface area (Å²) in [7, 11) is 0. The van der Waals surface area contributed by atoms with Crippen molar-refractivity contribution >= 4 is 5.97 Å². The molecular formula is C20H22O4. The molecule has 2 aromatic carbocycles. The molecule has 0 aliphatic carbocycles. The molecule has 1 aliphatic rings. The van der Waals surface area contributed by atoms with E-state index < -0.39 is 11.9 Å². The van der Waals surface area contributed by atoms with Gasteiger partial charge in [-0.05, 0) is 41.2 Å². The van der Waals surface area contributed by atoms with Gasteiger partial charge in [-0.25, -0.2) is 0 Å². The lowest BCUT2D eigenvalue weighted by atomic mass is 9.90. The number of hydrogen-bond donors (Lipinski definition) is 1. The van der Waals surface area contributed by atoms with Crippen LogP contribution in [0.25, 0.3) is 0 Å². The predicted molar refractivity (Wildman–Crippen MR) is 92.0 cm³/mol. The first kappa shape index (κ1) is 16.4. The molecule has 4 heteroatoms. The van der Waals surface area contributed by atoms with Crippen molar-refractivity contribution in [3.8, 4) is 11.5 Å². The lowest BCUT2D eigenvalue weighted by Crippen LogP contribution is -2.18. The van der Waals surface area contributed by atoms with Gasteiger partial charge in [0.05, 0.1) is 5.92 Å². The zero-order chi connectivity index (χ0) is 17.1. The van der Waals surface area contributed by atoms with Crippen molar-refractivity contribution in [1.29, 1.82) is 0 Å². The summed E-state index contributed by atoms with van der Waals surface area (Å²) in [6, 6.07) is 13.6. The van der Waals surface area contributed by atoms with Gasteiger partial charge in [-0.1, -0.05) is 44.2 Å². The van der Waals surface area contributed by atoms with Gasteiger partial charge in [0.15, 0.2) is 11.5 Å². The van der Waals surface area contributed by atoms with Crippen LogP contribution in [0.5, 0.6) is 11.5 Å². The van der Waals surface area contributed by atoms with Gasteiger partial charge in [0, 0.05) is 0 Å². The van der Waals surface area contributed by atoms with Gasteiger partial charge in [0.2, 0.25) is 0 Å². The van der Waals surface area contributed by atoms with Gasteiger partial charge in [-0.3, -0.25) is 4.79 Å². The minimum atomic E-state index is -0.834. The van der Waals surface area contributed by atoms with E-state index >= 15 is 0 Å². The average molecular weight is 326 g/mol. The molecule has 0 bridgehead atoms. The van der Waals surface area contributed by atoms with Crippen molar-refractivity contribution < 1.29 is 19.4 Å². The minimum absolute atomic E-state index is 0.452. The Hall–Kier alpha value is -2.49. The molecule has 3 rings (SSSR count). The molecule has 1 N–H and O–H groups in total. The fourth-order valence-corrected chi connectivity index (χ4v) is 2.90. The van der Waals surface area contributed by atoms with E-state index in [-0.39, 0.29) is 0 Å². The monoisotopic (exact) mass is 326 g/mol. The van der Waals surface area contributed by atoms with Gasteiger partial charge < -0.3 is 14.6 Å². The fourth-order valence-electron chi connectivity index (χ4n) is 2.90. The van der Waals surface area contributed by atoms with Crippen LogP contribution >= 0.6 is 0 Å². The summed E-state index contributed by atoms with van der Waals surface area (Å²) in [4.78, 5) is 11.8. The number of carboxylic acid groups (broad SMARTS) is 1. The van der Waals surface area contributed by atoms with Crippen LogP contribution in [0.15, 0.2) is 42.5 Å². The normalized spacial score (nSPS) is 14.5. The Balaban J connectivity index is 1.83. The number of fused-ring (bicyclic) bond motifs is 1. The summed E-state index contributed by atoms with van der Waals surface area (Å²) >= 11 is 0. The predicted octanol–water partition coefficient (Wildman–Crippen LogP) is 3.99. The summed E-state index contributed by atoms with van der Waals surface area (Å²) in [5.41, 5.74) is 3.01. The van der Waals surface area contributed by atoms with Crippen molar-refractivity contribution in [3.05, 3.63) is 59.2 Å². The van der Waals surface area contributed by atoms with Gasteiger partial charge in [-0.2, -0.15) is 0 Å². The first-order chi connectivity index (χ1) is 11.5. The first-order valence-electron chi connectivity index (χ1n) is 8.26. The Morgan fingerprint density at radius 3 is 2.25 bits per heavy atom. The highest BCUT2D eigenvalue weighted by Crippen LogP contribution is 2.34. The van der Waals surface area contributed by atoms with E-state index in [0.29, 0.717) is 37.1 Å². The molecule has 0 fully saturated rings. The van der Waals surface area contributed by atoms with Crippen LogP contribution in [-0.4, -0.2) is 24.3 Å². The Morgan fingerprint density at radius 2 is 1.62 bits per heavy atom. The van der Waals surface area contributed by atoms with Crippen molar-refractivity contribution in [2.45, 2.75) is 32.1 Å². The quantitative estimate of drug-likeness (QED) is 0.902. The third kappa shape index (κ3) is 3.53. The first-order valence-corrected chi connectivity index (χ1v) is 8.26. The van der Waals surface area contributed by atoms with E-state index in [1.54, 1.807) is 12.1 Å². The van der Waals surface area contributed by atoms with E-state index in [9.17, 15) is 9.90 Å². The maximum Gasteiger partial charge on any atom is 0.311 e. The van der Waals surface area contributed by atoms with Crippen molar-refractivity contribution in [1.82, 2.24) is 0 Å². The second-order valence-corrected chi connectivity index (χ2v) is 6.39. The Kier molecular flexibility index (Phi) is 4.74. The van der Waals surface area contributed by atoms with Crippen LogP contribution in [0.2, 0.25) is 0 Å². The Morgan fingerprint density at radius 1 is 1.00 bits per heavy atom. The molecule has 0 saturated heterocycles. The van der Waals surface area contributed by atoms with Crippen molar-refractivity contribution in [3.63, 3.8) is 0 Å². The zero-order valence-corrected chi connectivity index (χ0v) is 14.0. The molecule has 1 atom stereocenters. The summed E-state index contributed by atoms with van der Waals surface area (Å²) in [5.74, 6) is 0.327. The lowest BCUT2D eigenvalue weighted by Gasteiger charge is -2.21. The molecule has 2 aromatic rings. The van der Waals surface area contributed by atoms with Crippen molar-refractivity contribution in [2.24, 2.45) is 0 Å². The van der Waals surface area contributed by atoms with E-state index in [0.717, 1.165) is 11.1 Å². The third-order valence-corrected chi connectivity index (χ3v) is 4.35. The maximum absolute atomic E-state index is 11.8. The second-order valence-electron chi connectivity index (χ2n) is 6.39. The number of carbonyl (C=O) groups is 1. The molecule has 1 heterocycles. The van der Waals surface area contributed by atoms with Gasteiger partial charge in [0.1, 0.15) is 13.2 Å². The van der Waals surface area contributed by atoms with Crippen molar-refractivity contribution in [2.75, 3.05) is 13.2 Å². The van der Waals surface area contributed by atoms with E-state index in [4.69, 9.17) is 9.47 Å². The number of rotatable bonds is 5.